The molecular formula is C23H20ClNO4. The minimum absolute atomic E-state index is 0.118. The summed E-state index contributed by atoms with van der Waals surface area (Å²) < 4.78 is 5.76. The summed E-state index contributed by atoms with van der Waals surface area (Å²) in [6.45, 7) is -0.188. The van der Waals surface area contributed by atoms with E-state index in [-0.39, 0.29) is 36.0 Å². The molecule has 0 spiro atoms. The van der Waals surface area contributed by atoms with E-state index in [0.29, 0.717) is 33.9 Å². The van der Waals surface area contributed by atoms with Gasteiger partial charge in [-0.3, -0.25) is 14.4 Å². The highest BCUT2D eigenvalue weighted by molar-refractivity contribution is 6.30. The normalized spacial score (nSPS) is 27.4. The van der Waals surface area contributed by atoms with Gasteiger partial charge < -0.3 is 4.74 Å². The van der Waals surface area contributed by atoms with Crippen LogP contribution in [0.15, 0.2) is 48.5 Å². The number of ketones is 1. The number of carbonyl (C=O) groups is 3. The summed E-state index contributed by atoms with van der Waals surface area (Å²) in [5.41, 5.74) is 0.923. The van der Waals surface area contributed by atoms with Crippen LogP contribution in [0.1, 0.15) is 29.6 Å². The summed E-state index contributed by atoms with van der Waals surface area (Å²) in [4.78, 5) is 39.9. The number of hydrogen-bond donors (Lipinski definition) is 0. The number of hydrogen-bond acceptors (Lipinski definition) is 4. The largest absolute Gasteiger partial charge is 0.483 e. The fourth-order valence-electron chi connectivity index (χ4n) is 5.27. The molecule has 2 aromatic rings. The lowest BCUT2D eigenvalue weighted by Gasteiger charge is -2.20. The third-order valence-corrected chi connectivity index (χ3v) is 6.81. The Balaban J connectivity index is 1.37. The van der Waals surface area contributed by atoms with Crippen LogP contribution in [0.25, 0.3) is 0 Å². The predicted molar refractivity (Wildman–Crippen MR) is 108 cm³/mol. The summed E-state index contributed by atoms with van der Waals surface area (Å²) in [7, 11) is 0. The van der Waals surface area contributed by atoms with Crippen molar-refractivity contribution in [3.63, 3.8) is 0 Å². The lowest BCUT2D eigenvalue weighted by atomic mass is 9.81. The summed E-state index contributed by atoms with van der Waals surface area (Å²) in [6.07, 6.45) is 3.06. The topological polar surface area (TPSA) is 63.7 Å². The van der Waals surface area contributed by atoms with E-state index >= 15 is 0 Å². The fraction of sp³-hybridized carbons (Fsp3) is 0.348. The van der Waals surface area contributed by atoms with E-state index in [1.165, 1.54) is 4.90 Å². The van der Waals surface area contributed by atoms with Gasteiger partial charge in [-0.05, 0) is 67.5 Å². The Kier molecular flexibility index (Phi) is 4.43. The maximum atomic E-state index is 13.1. The van der Waals surface area contributed by atoms with Crippen LogP contribution in [-0.2, 0) is 9.59 Å². The van der Waals surface area contributed by atoms with E-state index in [9.17, 15) is 14.4 Å². The quantitative estimate of drug-likeness (QED) is 0.550. The standard InChI is InChI=1S/C23H20ClNO4/c24-16-9-7-13(8-10-16)18(26)12-29-19-4-2-1-3-17(19)25-22(27)20-14-5-6-15(11-14)21(20)23(25)28/h1-4,7-10,14-15,20-21H,5-6,11-12H2/t14-,15-,20-,21+/m0/s1. The molecule has 2 amide bonds. The van der Waals surface area contributed by atoms with E-state index in [1.807, 2.05) is 0 Å². The number of nitrogens with zero attached hydrogens (tertiary/aromatic N) is 1. The van der Waals surface area contributed by atoms with Crippen molar-refractivity contribution < 1.29 is 19.1 Å². The van der Waals surface area contributed by atoms with Crippen molar-refractivity contribution in [1.29, 1.82) is 0 Å². The molecule has 3 aliphatic rings. The van der Waals surface area contributed by atoms with Crippen molar-refractivity contribution in [3.05, 3.63) is 59.1 Å². The monoisotopic (exact) mass is 409 g/mol. The van der Waals surface area contributed by atoms with Crippen LogP contribution in [0.3, 0.4) is 0 Å². The molecule has 2 saturated carbocycles. The van der Waals surface area contributed by atoms with Gasteiger partial charge in [-0.2, -0.15) is 0 Å². The molecular weight excluding hydrogens is 390 g/mol. The molecule has 0 N–H and O–H groups in total. The second-order valence-electron chi connectivity index (χ2n) is 8.08. The number of amides is 2. The first-order valence-corrected chi connectivity index (χ1v) is 10.3. The molecule has 0 aromatic heterocycles. The van der Waals surface area contributed by atoms with Crippen LogP contribution >= 0.6 is 11.6 Å². The molecule has 0 unspecified atom stereocenters. The molecule has 29 heavy (non-hydrogen) atoms. The highest BCUT2D eigenvalue weighted by Gasteiger charge is 2.61. The van der Waals surface area contributed by atoms with Gasteiger partial charge in [0.25, 0.3) is 0 Å². The number of rotatable bonds is 5. The van der Waals surface area contributed by atoms with Crippen molar-refractivity contribution in [2.45, 2.75) is 19.3 Å². The van der Waals surface area contributed by atoms with Crippen molar-refractivity contribution in [3.8, 4) is 5.75 Å². The molecule has 2 aliphatic carbocycles. The number of fused-ring (bicyclic) bond motifs is 5. The summed E-state index contributed by atoms with van der Waals surface area (Å²) in [6, 6.07) is 13.5. The number of Topliss-reactive ketones (excluding diaryl/α,β-unsaturated/α-hetero) is 1. The van der Waals surface area contributed by atoms with Gasteiger partial charge in [0, 0.05) is 10.6 Å². The minimum Gasteiger partial charge on any atom is -0.483 e. The first-order chi connectivity index (χ1) is 14.0. The first-order valence-electron chi connectivity index (χ1n) is 9.93. The Morgan fingerprint density at radius 1 is 0.966 bits per heavy atom. The number of halogens is 1. The third-order valence-electron chi connectivity index (χ3n) is 6.56. The van der Waals surface area contributed by atoms with Gasteiger partial charge in [0.1, 0.15) is 5.75 Å². The summed E-state index contributed by atoms with van der Waals surface area (Å²) >= 11 is 5.86. The second kappa shape index (κ2) is 6.99. The van der Waals surface area contributed by atoms with Gasteiger partial charge in [-0.1, -0.05) is 23.7 Å². The lowest BCUT2D eigenvalue weighted by molar-refractivity contribution is -0.123. The van der Waals surface area contributed by atoms with Crippen LogP contribution in [0.5, 0.6) is 5.75 Å². The van der Waals surface area contributed by atoms with E-state index in [2.05, 4.69) is 0 Å². The number of ether oxygens (including phenoxy) is 1. The van der Waals surface area contributed by atoms with Gasteiger partial charge in [0.2, 0.25) is 11.8 Å². The van der Waals surface area contributed by atoms with E-state index in [1.54, 1.807) is 48.5 Å². The van der Waals surface area contributed by atoms with Crippen LogP contribution in [0.2, 0.25) is 5.02 Å². The van der Waals surface area contributed by atoms with Gasteiger partial charge in [0.15, 0.2) is 12.4 Å². The predicted octanol–water partition coefficient (Wildman–Crippen LogP) is 4.14. The number of para-hydroxylation sites is 2. The molecule has 3 fully saturated rings. The zero-order chi connectivity index (χ0) is 20.1. The summed E-state index contributed by atoms with van der Waals surface area (Å²) in [5.74, 6) is 0.195. The number of benzene rings is 2. The molecule has 1 saturated heterocycles. The number of carbonyl (C=O) groups excluding carboxylic acids is 3. The molecule has 5 nitrogen and oxygen atoms in total. The lowest BCUT2D eigenvalue weighted by Crippen LogP contribution is -2.33. The fourth-order valence-corrected chi connectivity index (χ4v) is 5.40. The average molecular weight is 410 g/mol. The van der Waals surface area contributed by atoms with Gasteiger partial charge in [-0.25, -0.2) is 4.90 Å². The van der Waals surface area contributed by atoms with Crippen LogP contribution in [0.4, 0.5) is 5.69 Å². The molecule has 2 bridgehead atoms. The Labute approximate surface area is 173 Å². The van der Waals surface area contributed by atoms with Crippen LogP contribution in [0, 0.1) is 23.7 Å². The van der Waals surface area contributed by atoms with Gasteiger partial charge in [0.05, 0.1) is 17.5 Å². The van der Waals surface area contributed by atoms with Crippen LogP contribution in [-0.4, -0.2) is 24.2 Å². The number of imide groups is 1. The molecule has 148 valence electrons. The van der Waals surface area contributed by atoms with Crippen molar-refractivity contribution in [2.24, 2.45) is 23.7 Å². The smallest absolute Gasteiger partial charge is 0.238 e. The SMILES string of the molecule is O=C(COc1ccccc1N1C(=O)[C@@H]2[C@H]3CC[C@@H](C3)[C@@H]2C1=O)c1ccc(Cl)cc1. The highest BCUT2D eigenvalue weighted by Crippen LogP contribution is 2.57. The molecule has 5 rings (SSSR count). The summed E-state index contributed by atoms with van der Waals surface area (Å²) in [5, 5.41) is 0.554. The molecule has 2 aromatic carbocycles. The average Bonchev–Trinajstić information content (AvgIpc) is 3.41. The van der Waals surface area contributed by atoms with Crippen molar-refractivity contribution in [2.75, 3.05) is 11.5 Å². The van der Waals surface area contributed by atoms with Crippen LogP contribution < -0.4 is 9.64 Å². The molecule has 0 radical (unpaired) electrons. The van der Waals surface area contributed by atoms with Crippen molar-refractivity contribution in [1.82, 2.24) is 0 Å². The zero-order valence-electron chi connectivity index (χ0n) is 15.7. The highest BCUT2D eigenvalue weighted by atomic mass is 35.5. The van der Waals surface area contributed by atoms with Gasteiger partial charge in [-0.15, -0.1) is 0 Å². The number of anilines is 1. The maximum absolute atomic E-state index is 13.1. The Morgan fingerprint density at radius 3 is 2.24 bits per heavy atom. The van der Waals surface area contributed by atoms with Gasteiger partial charge >= 0.3 is 0 Å². The molecule has 1 aliphatic heterocycles. The molecule has 4 atom stereocenters. The Morgan fingerprint density at radius 2 is 1.59 bits per heavy atom. The Hall–Kier alpha value is -2.66. The minimum atomic E-state index is -0.203. The third kappa shape index (κ3) is 2.96. The first kappa shape index (κ1) is 18.4. The zero-order valence-corrected chi connectivity index (χ0v) is 16.5. The van der Waals surface area contributed by atoms with Crippen molar-refractivity contribution >= 4 is 34.9 Å². The molecule has 6 heteroatoms. The van der Waals surface area contributed by atoms with E-state index in [0.717, 1.165) is 19.3 Å². The van der Waals surface area contributed by atoms with E-state index in [4.69, 9.17) is 16.3 Å². The Bertz CT molecular complexity index is 974. The molecule has 1 heterocycles. The second-order valence-corrected chi connectivity index (χ2v) is 8.52. The maximum Gasteiger partial charge on any atom is 0.238 e. The van der Waals surface area contributed by atoms with E-state index < -0.39 is 0 Å².